The van der Waals surface area contributed by atoms with Crippen LogP contribution in [0.3, 0.4) is 0 Å². The van der Waals surface area contributed by atoms with Crippen molar-refractivity contribution in [2.45, 2.75) is 6.92 Å². The Morgan fingerprint density at radius 2 is 2.11 bits per heavy atom. The number of nitrogens with zero attached hydrogens (tertiary/aromatic N) is 1. The monoisotopic (exact) mass is 402 g/mol. The number of rotatable bonds is 2. The SMILES string of the molecule is Cc1cccc(NC(=O)c2cc(Br)cnc2Cl)c1Br. The van der Waals surface area contributed by atoms with Crippen LogP contribution in [0, 0.1) is 6.92 Å². The third-order valence-electron chi connectivity index (χ3n) is 2.49. The average Bonchev–Trinajstić information content (AvgIpc) is 2.38. The molecule has 0 saturated heterocycles. The van der Waals surface area contributed by atoms with E-state index in [0.29, 0.717) is 15.7 Å². The fraction of sp³-hybridized carbons (Fsp3) is 0.0769. The van der Waals surface area contributed by atoms with Gasteiger partial charge in [0.1, 0.15) is 5.15 Å². The standard InChI is InChI=1S/C13H9Br2ClN2O/c1-7-3-2-4-10(11(7)15)18-13(19)9-5-8(14)6-17-12(9)16/h2-6H,1H3,(H,18,19). The summed E-state index contributed by atoms with van der Waals surface area (Å²) in [5.74, 6) is -0.301. The number of hydrogen-bond acceptors (Lipinski definition) is 2. The van der Waals surface area contributed by atoms with Crippen molar-refractivity contribution < 1.29 is 4.79 Å². The van der Waals surface area contributed by atoms with E-state index in [1.165, 1.54) is 0 Å². The number of carbonyl (C=O) groups excluding carboxylic acids is 1. The second kappa shape index (κ2) is 6.03. The molecule has 1 heterocycles. The largest absolute Gasteiger partial charge is 0.321 e. The molecule has 1 aromatic heterocycles. The van der Waals surface area contributed by atoms with Crippen molar-refractivity contribution in [1.29, 1.82) is 0 Å². The Balaban J connectivity index is 2.31. The third kappa shape index (κ3) is 3.35. The van der Waals surface area contributed by atoms with Crippen LogP contribution in [-0.2, 0) is 0 Å². The van der Waals surface area contributed by atoms with Crippen molar-refractivity contribution in [3.8, 4) is 0 Å². The van der Waals surface area contributed by atoms with Crippen molar-refractivity contribution in [1.82, 2.24) is 4.98 Å². The van der Waals surface area contributed by atoms with Gasteiger partial charge in [0.05, 0.1) is 11.3 Å². The van der Waals surface area contributed by atoms with Crippen molar-refractivity contribution in [2.75, 3.05) is 5.32 Å². The zero-order valence-corrected chi connectivity index (χ0v) is 13.8. The van der Waals surface area contributed by atoms with Crippen molar-refractivity contribution in [3.05, 3.63) is 55.7 Å². The van der Waals surface area contributed by atoms with Crippen LogP contribution in [0.15, 0.2) is 39.4 Å². The Kier molecular flexibility index (Phi) is 4.60. The predicted octanol–water partition coefficient (Wildman–Crippen LogP) is 4.82. The number of benzene rings is 1. The first kappa shape index (κ1) is 14.5. The number of amides is 1. The number of nitrogens with one attached hydrogen (secondary N) is 1. The van der Waals surface area contributed by atoms with Gasteiger partial charge in [-0.3, -0.25) is 4.79 Å². The maximum Gasteiger partial charge on any atom is 0.258 e. The van der Waals surface area contributed by atoms with E-state index in [9.17, 15) is 4.79 Å². The lowest BCUT2D eigenvalue weighted by Crippen LogP contribution is -2.13. The molecule has 0 fully saturated rings. The Morgan fingerprint density at radius 1 is 1.37 bits per heavy atom. The number of aryl methyl sites for hydroxylation is 1. The summed E-state index contributed by atoms with van der Waals surface area (Å²) >= 11 is 12.6. The number of anilines is 1. The van der Waals surface area contributed by atoms with E-state index in [4.69, 9.17) is 11.6 Å². The summed E-state index contributed by atoms with van der Waals surface area (Å²) in [6.07, 6.45) is 1.54. The quantitative estimate of drug-likeness (QED) is 0.729. The molecule has 0 aliphatic rings. The first-order chi connectivity index (χ1) is 8.99. The molecular formula is C13H9Br2ClN2O. The lowest BCUT2D eigenvalue weighted by molar-refractivity contribution is 0.102. The summed E-state index contributed by atoms with van der Waals surface area (Å²) < 4.78 is 1.55. The highest BCUT2D eigenvalue weighted by atomic mass is 79.9. The Labute approximate surface area is 132 Å². The number of carbonyl (C=O) groups is 1. The second-order valence-corrected chi connectivity index (χ2v) is 5.95. The fourth-order valence-electron chi connectivity index (χ4n) is 1.52. The van der Waals surface area contributed by atoms with Gasteiger partial charge in [0.2, 0.25) is 0 Å². The molecule has 19 heavy (non-hydrogen) atoms. The minimum atomic E-state index is -0.301. The maximum absolute atomic E-state index is 12.2. The highest BCUT2D eigenvalue weighted by molar-refractivity contribution is 9.11. The third-order valence-corrected chi connectivity index (χ3v) is 4.28. The minimum absolute atomic E-state index is 0.171. The minimum Gasteiger partial charge on any atom is -0.321 e. The molecule has 1 aromatic carbocycles. The first-order valence-electron chi connectivity index (χ1n) is 5.36. The molecule has 6 heteroatoms. The number of aromatic nitrogens is 1. The molecule has 98 valence electrons. The van der Waals surface area contributed by atoms with Gasteiger partial charge < -0.3 is 5.32 Å². The maximum atomic E-state index is 12.2. The first-order valence-corrected chi connectivity index (χ1v) is 7.33. The molecule has 2 aromatic rings. The summed E-state index contributed by atoms with van der Waals surface area (Å²) in [6.45, 7) is 1.95. The summed E-state index contributed by atoms with van der Waals surface area (Å²) in [7, 11) is 0. The van der Waals surface area contributed by atoms with E-state index in [2.05, 4.69) is 42.2 Å². The van der Waals surface area contributed by atoms with E-state index in [-0.39, 0.29) is 11.1 Å². The van der Waals surface area contributed by atoms with E-state index < -0.39 is 0 Å². The summed E-state index contributed by atoms with van der Waals surface area (Å²) in [5, 5.41) is 2.98. The Hall–Kier alpha value is -0.910. The van der Waals surface area contributed by atoms with Gasteiger partial charge in [-0.1, -0.05) is 23.7 Å². The highest BCUT2D eigenvalue weighted by Gasteiger charge is 2.14. The van der Waals surface area contributed by atoms with Crippen molar-refractivity contribution in [3.63, 3.8) is 0 Å². The molecule has 0 unspecified atom stereocenters. The van der Waals surface area contributed by atoms with Gasteiger partial charge in [-0.15, -0.1) is 0 Å². The lowest BCUT2D eigenvalue weighted by atomic mass is 10.2. The number of hydrogen-bond donors (Lipinski definition) is 1. The predicted molar refractivity (Wildman–Crippen MR) is 83.8 cm³/mol. The smallest absolute Gasteiger partial charge is 0.258 e. The molecule has 2 rings (SSSR count). The van der Waals surface area contributed by atoms with Crippen LogP contribution in [0.5, 0.6) is 0 Å². The normalized spacial score (nSPS) is 10.3. The van der Waals surface area contributed by atoms with Crippen LogP contribution in [0.4, 0.5) is 5.69 Å². The molecule has 1 N–H and O–H groups in total. The van der Waals surface area contributed by atoms with Gasteiger partial charge in [-0.05, 0) is 56.5 Å². The van der Waals surface area contributed by atoms with Crippen LogP contribution in [-0.4, -0.2) is 10.9 Å². The Bertz CT molecular complexity index is 647. The van der Waals surface area contributed by atoms with Gasteiger partial charge in [0, 0.05) is 15.1 Å². The van der Waals surface area contributed by atoms with Crippen LogP contribution >= 0.6 is 43.5 Å². The molecule has 0 atom stereocenters. The molecule has 0 radical (unpaired) electrons. The van der Waals surface area contributed by atoms with Crippen LogP contribution in [0.25, 0.3) is 0 Å². The van der Waals surface area contributed by atoms with Gasteiger partial charge >= 0.3 is 0 Å². The van der Waals surface area contributed by atoms with Gasteiger partial charge in [0.15, 0.2) is 0 Å². The lowest BCUT2D eigenvalue weighted by Gasteiger charge is -2.10. The zero-order valence-electron chi connectivity index (χ0n) is 9.88. The fourth-order valence-corrected chi connectivity index (χ4v) is 2.40. The molecular weight excluding hydrogens is 395 g/mol. The number of pyridine rings is 1. The topological polar surface area (TPSA) is 42.0 Å². The molecule has 0 bridgehead atoms. The van der Waals surface area contributed by atoms with Crippen molar-refractivity contribution >= 4 is 55.1 Å². The van der Waals surface area contributed by atoms with Gasteiger partial charge in [-0.2, -0.15) is 0 Å². The molecule has 0 aliphatic heterocycles. The summed E-state index contributed by atoms with van der Waals surface area (Å²) in [6, 6.07) is 7.27. The molecule has 1 amide bonds. The Morgan fingerprint density at radius 3 is 2.84 bits per heavy atom. The van der Waals surface area contributed by atoms with E-state index >= 15 is 0 Å². The zero-order chi connectivity index (χ0) is 14.0. The van der Waals surface area contributed by atoms with Crippen molar-refractivity contribution in [2.24, 2.45) is 0 Å². The molecule has 0 saturated carbocycles. The number of halogens is 3. The van der Waals surface area contributed by atoms with Crippen LogP contribution < -0.4 is 5.32 Å². The van der Waals surface area contributed by atoms with Crippen LogP contribution in [0.1, 0.15) is 15.9 Å². The summed E-state index contributed by atoms with van der Waals surface area (Å²) in [5.41, 5.74) is 2.06. The molecule has 3 nitrogen and oxygen atoms in total. The highest BCUT2D eigenvalue weighted by Crippen LogP contribution is 2.27. The molecule has 0 spiro atoms. The van der Waals surface area contributed by atoms with Gasteiger partial charge in [-0.25, -0.2) is 4.98 Å². The van der Waals surface area contributed by atoms with E-state index in [0.717, 1.165) is 10.0 Å². The summed E-state index contributed by atoms with van der Waals surface area (Å²) in [4.78, 5) is 16.1. The molecule has 0 aliphatic carbocycles. The van der Waals surface area contributed by atoms with E-state index in [1.807, 2.05) is 25.1 Å². The van der Waals surface area contributed by atoms with Gasteiger partial charge in [0.25, 0.3) is 5.91 Å². The second-order valence-electron chi connectivity index (χ2n) is 3.88. The van der Waals surface area contributed by atoms with Crippen LogP contribution in [0.2, 0.25) is 5.15 Å². The van der Waals surface area contributed by atoms with E-state index in [1.54, 1.807) is 12.3 Å². The average molecular weight is 404 g/mol.